The van der Waals surface area contributed by atoms with Gasteiger partial charge in [0.2, 0.25) is 0 Å². The average Bonchev–Trinajstić information content (AvgIpc) is 3.20. The summed E-state index contributed by atoms with van der Waals surface area (Å²) in [6, 6.07) is 28.6. The van der Waals surface area contributed by atoms with Crippen molar-refractivity contribution < 1.29 is 19.0 Å². The van der Waals surface area contributed by atoms with Crippen molar-refractivity contribution >= 4 is 6.09 Å². The highest BCUT2D eigenvalue weighted by Crippen LogP contribution is 2.44. The summed E-state index contributed by atoms with van der Waals surface area (Å²) in [7, 11) is 0. The third-order valence-electron chi connectivity index (χ3n) is 6.32. The van der Waals surface area contributed by atoms with E-state index in [-0.39, 0.29) is 31.2 Å². The zero-order chi connectivity index (χ0) is 23.5. The molecule has 0 atom stereocenters. The number of carbonyl (C=O) groups excluding carboxylic acids is 1. The van der Waals surface area contributed by atoms with Crippen LogP contribution in [0.5, 0.6) is 0 Å². The van der Waals surface area contributed by atoms with E-state index in [1.165, 1.54) is 11.1 Å². The summed E-state index contributed by atoms with van der Waals surface area (Å²) in [5.74, 6) is -0.473. The Hall–Kier alpha value is -3.96. The van der Waals surface area contributed by atoms with Crippen LogP contribution in [0.2, 0.25) is 0 Å². The van der Waals surface area contributed by atoms with Crippen molar-refractivity contribution in [2.75, 3.05) is 6.61 Å². The molecule has 0 spiro atoms. The standard InChI is InChI=1S/C29H24FNO3/c30-28-20(17-32)9-7-15-26(28)21-10-2-1-8-19(21)16-31-29(33)34-18-27-24-13-5-3-11-22(24)23-12-4-6-14-25(23)27/h1-15,27,32H,16-18H2,(H,31,33). The van der Waals surface area contributed by atoms with Gasteiger partial charge >= 0.3 is 6.09 Å². The van der Waals surface area contributed by atoms with Crippen molar-refractivity contribution in [2.45, 2.75) is 19.1 Å². The number of halogens is 1. The normalized spacial score (nSPS) is 12.2. The Morgan fingerprint density at radius 1 is 0.765 bits per heavy atom. The molecule has 170 valence electrons. The summed E-state index contributed by atoms with van der Waals surface area (Å²) in [4.78, 5) is 12.6. The SMILES string of the molecule is O=C(NCc1ccccc1-c1cccc(CO)c1F)OCC1c2ccccc2-c2ccccc21. The van der Waals surface area contributed by atoms with Crippen LogP contribution < -0.4 is 5.32 Å². The number of nitrogens with one attached hydrogen (secondary N) is 1. The predicted molar refractivity (Wildman–Crippen MR) is 130 cm³/mol. The number of ether oxygens (including phenoxy) is 1. The minimum atomic E-state index is -0.527. The van der Waals surface area contributed by atoms with Crippen LogP contribution >= 0.6 is 0 Å². The molecule has 4 aromatic carbocycles. The monoisotopic (exact) mass is 453 g/mol. The predicted octanol–water partition coefficient (Wildman–Crippen LogP) is 6.02. The molecule has 1 aliphatic carbocycles. The van der Waals surface area contributed by atoms with Gasteiger partial charge in [-0.3, -0.25) is 0 Å². The maximum Gasteiger partial charge on any atom is 0.407 e. The largest absolute Gasteiger partial charge is 0.449 e. The lowest BCUT2D eigenvalue weighted by molar-refractivity contribution is 0.142. The van der Waals surface area contributed by atoms with Gasteiger partial charge in [0.05, 0.1) is 6.61 Å². The lowest BCUT2D eigenvalue weighted by atomic mass is 9.97. The minimum absolute atomic E-state index is 0.0132. The number of carbonyl (C=O) groups is 1. The van der Waals surface area contributed by atoms with Gasteiger partial charge in [0.1, 0.15) is 12.4 Å². The Balaban J connectivity index is 1.28. The van der Waals surface area contributed by atoms with Crippen LogP contribution in [0.15, 0.2) is 91.0 Å². The van der Waals surface area contributed by atoms with E-state index < -0.39 is 11.9 Å². The molecular formula is C29H24FNO3. The minimum Gasteiger partial charge on any atom is -0.449 e. The van der Waals surface area contributed by atoms with E-state index in [0.717, 1.165) is 16.7 Å². The van der Waals surface area contributed by atoms with Crippen molar-refractivity contribution in [3.63, 3.8) is 0 Å². The van der Waals surface area contributed by atoms with Gasteiger partial charge in [-0.1, -0.05) is 91.0 Å². The molecule has 1 aliphatic rings. The molecule has 2 N–H and O–H groups in total. The fraction of sp³-hybridized carbons (Fsp3) is 0.138. The fourth-order valence-electron chi connectivity index (χ4n) is 4.66. The first-order valence-corrected chi connectivity index (χ1v) is 11.2. The first-order chi connectivity index (χ1) is 16.7. The van der Waals surface area contributed by atoms with Gasteiger partial charge in [0.15, 0.2) is 0 Å². The van der Waals surface area contributed by atoms with E-state index in [9.17, 15) is 14.3 Å². The summed E-state index contributed by atoms with van der Waals surface area (Å²) in [6.07, 6.45) is -0.527. The van der Waals surface area contributed by atoms with E-state index in [1.54, 1.807) is 24.3 Å². The Morgan fingerprint density at radius 2 is 1.32 bits per heavy atom. The third-order valence-corrected chi connectivity index (χ3v) is 6.32. The van der Waals surface area contributed by atoms with Crippen LogP contribution in [-0.4, -0.2) is 17.8 Å². The molecule has 0 radical (unpaired) electrons. The lowest BCUT2D eigenvalue weighted by Crippen LogP contribution is -2.26. The highest BCUT2D eigenvalue weighted by molar-refractivity contribution is 5.79. The van der Waals surface area contributed by atoms with Gasteiger partial charge in [0.25, 0.3) is 0 Å². The van der Waals surface area contributed by atoms with Crippen molar-refractivity contribution in [3.05, 3.63) is 119 Å². The zero-order valence-corrected chi connectivity index (χ0v) is 18.5. The van der Waals surface area contributed by atoms with Gasteiger partial charge in [-0.05, 0) is 33.4 Å². The second-order valence-corrected chi connectivity index (χ2v) is 8.27. The molecule has 5 rings (SSSR count). The highest BCUT2D eigenvalue weighted by Gasteiger charge is 2.29. The highest BCUT2D eigenvalue weighted by atomic mass is 19.1. The number of hydrogen-bond acceptors (Lipinski definition) is 3. The van der Waals surface area contributed by atoms with Crippen LogP contribution in [0.25, 0.3) is 22.3 Å². The van der Waals surface area contributed by atoms with Gasteiger partial charge in [-0.2, -0.15) is 0 Å². The number of rotatable bonds is 6. The summed E-state index contributed by atoms with van der Waals surface area (Å²) in [5, 5.41) is 12.2. The van der Waals surface area contributed by atoms with E-state index in [4.69, 9.17) is 4.74 Å². The quantitative estimate of drug-likeness (QED) is 0.375. The van der Waals surface area contributed by atoms with Gasteiger partial charge in [-0.25, -0.2) is 9.18 Å². The Labute approximate surface area is 197 Å². The maximum absolute atomic E-state index is 14.8. The molecule has 34 heavy (non-hydrogen) atoms. The van der Waals surface area contributed by atoms with Crippen molar-refractivity contribution in [1.29, 1.82) is 0 Å². The van der Waals surface area contributed by atoms with Crippen LogP contribution in [0.4, 0.5) is 9.18 Å². The zero-order valence-electron chi connectivity index (χ0n) is 18.5. The van der Waals surface area contributed by atoms with E-state index in [0.29, 0.717) is 11.1 Å². The van der Waals surface area contributed by atoms with E-state index >= 15 is 0 Å². The summed E-state index contributed by atoms with van der Waals surface area (Å²) >= 11 is 0. The number of hydrogen-bond donors (Lipinski definition) is 2. The number of amides is 1. The summed E-state index contributed by atoms with van der Waals surface area (Å²) < 4.78 is 20.4. The van der Waals surface area contributed by atoms with Gasteiger partial charge < -0.3 is 15.2 Å². The second kappa shape index (κ2) is 9.49. The molecule has 0 unspecified atom stereocenters. The molecule has 1 amide bonds. The van der Waals surface area contributed by atoms with Crippen molar-refractivity contribution in [1.82, 2.24) is 5.32 Å². The number of alkyl carbamates (subject to hydrolysis) is 1. The Bertz CT molecular complexity index is 1310. The lowest BCUT2D eigenvalue weighted by Gasteiger charge is -2.16. The molecule has 4 nitrogen and oxygen atoms in total. The first kappa shape index (κ1) is 21.9. The first-order valence-electron chi connectivity index (χ1n) is 11.2. The van der Waals surface area contributed by atoms with Crippen LogP contribution in [0, 0.1) is 5.82 Å². The number of aliphatic hydroxyl groups excluding tert-OH is 1. The van der Waals surface area contributed by atoms with Gasteiger partial charge in [-0.15, -0.1) is 0 Å². The number of fused-ring (bicyclic) bond motifs is 3. The molecular weight excluding hydrogens is 429 g/mol. The average molecular weight is 454 g/mol. The molecule has 0 fully saturated rings. The van der Waals surface area contributed by atoms with Crippen LogP contribution in [0.1, 0.15) is 28.2 Å². The molecule has 4 aromatic rings. The molecule has 0 heterocycles. The maximum atomic E-state index is 14.8. The summed E-state index contributed by atoms with van der Waals surface area (Å²) in [6.45, 7) is 0.0458. The molecule has 0 aliphatic heterocycles. The molecule has 0 aromatic heterocycles. The topological polar surface area (TPSA) is 58.6 Å². The smallest absolute Gasteiger partial charge is 0.407 e. The van der Waals surface area contributed by atoms with Gasteiger partial charge in [0, 0.05) is 23.6 Å². The molecule has 0 saturated carbocycles. The fourth-order valence-corrected chi connectivity index (χ4v) is 4.66. The van der Waals surface area contributed by atoms with Crippen LogP contribution in [-0.2, 0) is 17.9 Å². The second-order valence-electron chi connectivity index (χ2n) is 8.27. The van der Waals surface area contributed by atoms with E-state index in [1.807, 2.05) is 42.5 Å². The number of aliphatic hydroxyl groups is 1. The van der Waals surface area contributed by atoms with Crippen molar-refractivity contribution in [2.24, 2.45) is 0 Å². The molecule has 5 heteroatoms. The Morgan fingerprint density at radius 3 is 2.00 bits per heavy atom. The molecule has 0 saturated heterocycles. The number of benzene rings is 4. The van der Waals surface area contributed by atoms with Crippen LogP contribution in [0.3, 0.4) is 0 Å². The van der Waals surface area contributed by atoms with E-state index in [2.05, 4.69) is 29.6 Å². The molecule has 0 bridgehead atoms. The van der Waals surface area contributed by atoms with Crippen molar-refractivity contribution in [3.8, 4) is 22.3 Å². The Kier molecular flexibility index (Phi) is 6.11. The summed E-state index contributed by atoms with van der Waals surface area (Å²) in [5.41, 5.74) is 6.69. The third kappa shape index (κ3) is 4.06.